The Hall–Kier alpha value is -3.93. The molecule has 186 valence electrons. The summed E-state index contributed by atoms with van der Waals surface area (Å²) in [7, 11) is 0. The van der Waals surface area contributed by atoms with Crippen molar-refractivity contribution >= 4 is 17.8 Å². The van der Waals surface area contributed by atoms with E-state index < -0.39 is 35.9 Å². The molecule has 0 spiro atoms. The normalized spacial score (nSPS) is 13.3. The molecule has 0 heterocycles. The maximum atomic E-state index is 13.0. The molecule has 0 aliphatic heterocycles. The van der Waals surface area contributed by atoms with Gasteiger partial charge in [-0.05, 0) is 55.0 Å². The van der Waals surface area contributed by atoms with Crippen molar-refractivity contribution in [3.8, 4) is 11.1 Å². The number of amides is 1. The minimum atomic E-state index is -0.921. The van der Waals surface area contributed by atoms with Crippen LogP contribution in [0.3, 0.4) is 0 Å². The molecule has 36 heavy (non-hydrogen) atoms. The number of rotatable bonds is 8. The number of benzene rings is 3. The molecule has 1 N–H and O–H groups in total. The van der Waals surface area contributed by atoms with Gasteiger partial charge in [-0.3, -0.25) is 9.59 Å². The second-order valence-electron chi connectivity index (χ2n) is 9.94. The Balaban J connectivity index is 1.44. The average Bonchev–Trinajstić information content (AvgIpc) is 3.15. The van der Waals surface area contributed by atoms with Crippen LogP contribution in [-0.2, 0) is 25.5 Å². The first kappa shape index (κ1) is 25.2. The summed E-state index contributed by atoms with van der Waals surface area (Å²) in [6, 6.07) is 24.6. The maximum absolute atomic E-state index is 13.0. The summed E-state index contributed by atoms with van der Waals surface area (Å²) in [4.78, 5) is 38.1. The van der Waals surface area contributed by atoms with Crippen LogP contribution >= 0.6 is 0 Å². The molecular weight excluding hydrogens is 454 g/mol. The first-order valence-electron chi connectivity index (χ1n) is 12.1. The van der Waals surface area contributed by atoms with Gasteiger partial charge in [0.15, 0.2) is 5.78 Å². The molecule has 1 aliphatic carbocycles. The second kappa shape index (κ2) is 10.8. The number of hydrogen-bond donors (Lipinski definition) is 1. The van der Waals surface area contributed by atoms with Gasteiger partial charge in [0.05, 0.1) is 6.04 Å². The molecular formula is C30H31NO5. The zero-order chi connectivity index (χ0) is 25.7. The highest BCUT2D eigenvalue weighted by Crippen LogP contribution is 2.44. The summed E-state index contributed by atoms with van der Waals surface area (Å²) in [6.45, 7) is 5.36. The van der Waals surface area contributed by atoms with Gasteiger partial charge in [0.2, 0.25) is 0 Å². The van der Waals surface area contributed by atoms with Crippen LogP contribution in [0.15, 0.2) is 78.9 Å². The van der Waals surface area contributed by atoms with E-state index in [9.17, 15) is 14.4 Å². The van der Waals surface area contributed by atoms with Crippen molar-refractivity contribution in [2.45, 2.75) is 51.2 Å². The summed E-state index contributed by atoms with van der Waals surface area (Å²) in [5.74, 6) is -1.14. The van der Waals surface area contributed by atoms with E-state index in [0.717, 1.165) is 27.8 Å². The summed E-state index contributed by atoms with van der Waals surface area (Å²) >= 11 is 0. The molecule has 4 rings (SSSR count). The van der Waals surface area contributed by atoms with Crippen LogP contribution in [0, 0.1) is 0 Å². The monoisotopic (exact) mass is 485 g/mol. The first-order chi connectivity index (χ1) is 17.2. The SMILES string of the molecule is CC(C)(C)OC(=O)CC(=O)[C@H](Cc1ccccc1)NC(=O)OCC1c2ccccc2-c2ccccc21. The van der Waals surface area contributed by atoms with Gasteiger partial charge in [-0.15, -0.1) is 0 Å². The van der Waals surface area contributed by atoms with Crippen LogP contribution in [0.1, 0.15) is 49.8 Å². The van der Waals surface area contributed by atoms with E-state index in [-0.39, 0.29) is 18.9 Å². The standard InChI is InChI=1S/C30H31NO5/c1-30(2,3)36-28(33)18-27(32)26(17-20-11-5-4-6-12-20)31-29(34)35-19-25-23-15-9-7-13-21(23)22-14-8-10-16-24(22)25/h4-16,25-26H,17-19H2,1-3H3,(H,31,34)/t26-/m0/s1. The number of esters is 1. The lowest BCUT2D eigenvalue weighted by Crippen LogP contribution is -2.44. The van der Waals surface area contributed by atoms with E-state index >= 15 is 0 Å². The molecule has 6 heteroatoms. The zero-order valence-corrected chi connectivity index (χ0v) is 20.8. The number of ketones is 1. The highest BCUT2D eigenvalue weighted by Gasteiger charge is 2.30. The molecule has 3 aromatic rings. The second-order valence-corrected chi connectivity index (χ2v) is 9.94. The van der Waals surface area contributed by atoms with Gasteiger partial charge >= 0.3 is 12.1 Å². The van der Waals surface area contributed by atoms with Gasteiger partial charge in [-0.1, -0.05) is 78.9 Å². The Labute approximate surface area is 211 Å². The molecule has 3 aromatic carbocycles. The fourth-order valence-corrected chi connectivity index (χ4v) is 4.52. The van der Waals surface area contributed by atoms with E-state index in [4.69, 9.17) is 9.47 Å². The van der Waals surface area contributed by atoms with Crippen molar-refractivity contribution in [3.05, 3.63) is 95.6 Å². The molecule has 0 unspecified atom stereocenters. The number of carbonyl (C=O) groups is 3. The van der Waals surface area contributed by atoms with Gasteiger partial charge in [-0.25, -0.2) is 4.79 Å². The predicted octanol–water partition coefficient (Wildman–Crippen LogP) is 5.44. The van der Waals surface area contributed by atoms with E-state index in [0.29, 0.717) is 0 Å². The van der Waals surface area contributed by atoms with Crippen LogP contribution in [0.2, 0.25) is 0 Å². The Morgan fingerprint density at radius 1 is 0.833 bits per heavy atom. The highest BCUT2D eigenvalue weighted by molar-refractivity contribution is 5.99. The molecule has 0 saturated heterocycles. The van der Waals surface area contributed by atoms with Gasteiger partial charge in [0, 0.05) is 5.92 Å². The van der Waals surface area contributed by atoms with Crippen molar-refractivity contribution in [2.24, 2.45) is 0 Å². The smallest absolute Gasteiger partial charge is 0.407 e. The quantitative estimate of drug-likeness (QED) is 0.340. The van der Waals surface area contributed by atoms with E-state index in [1.54, 1.807) is 20.8 Å². The summed E-state index contributed by atoms with van der Waals surface area (Å²) in [5.41, 5.74) is 4.64. The van der Waals surface area contributed by atoms with Gasteiger partial charge in [-0.2, -0.15) is 0 Å². The van der Waals surface area contributed by atoms with Gasteiger partial charge < -0.3 is 14.8 Å². The average molecular weight is 486 g/mol. The van der Waals surface area contributed by atoms with Crippen molar-refractivity contribution in [3.63, 3.8) is 0 Å². The van der Waals surface area contributed by atoms with E-state index in [1.807, 2.05) is 66.7 Å². The third-order valence-electron chi connectivity index (χ3n) is 6.05. The molecule has 1 atom stereocenters. The number of carbonyl (C=O) groups excluding carboxylic acids is 3. The largest absolute Gasteiger partial charge is 0.460 e. The zero-order valence-electron chi connectivity index (χ0n) is 20.8. The van der Waals surface area contributed by atoms with Crippen LogP contribution in [-0.4, -0.2) is 36.1 Å². The third-order valence-corrected chi connectivity index (χ3v) is 6.05. The van der Waals surface area contributed by atoms with E-state index in [1.165, 1.54) is 0 Å². The molecule has 0 radical (unpaired) electrons. The van der Waals surface area contributed by atoms with Crippen LogP contribution in [0.25, 0.3) is 11.1 Å². The van der Waals surface area contributed by atoms with Crippen LogP contribution < -0.4 is 5.32 Å². The lowest BCUT2D eigenvalue weighted by atomic mass is 9.98. The van der Waals surface area contributed by atoms with Gasteiger partial charge in [0.1, 0.15) is 18.6 Å². The van der Waals surface area contributed by atoms with Crippen molar-refractivity contribution in [1.29, 1.82) is 0 Å². The molecule has 6 nitrogen and oxygen atoms in total. The Morgan fingerprint density at radius 2 is 1.39 bits per heavy atom. The fourth-order valence-electron chi connectivity index (χ4n) is 4.52. The van der Waals surface area contributed by atoms with Crippen LogP contribution in [0.4, 0.5) is 4.79 Å². The Morgan fingerprint density at radius 3 is 1.97 bits per heavy atom. The number of Topliss-reactive ketones (excluding diaryl/α,β-unsaturated/α-hetero) is 1. The topological polar surface area (TPSA) is 81.7 Å². The lowest BCUT2D eigenvalue weighted by molar-refractivity contribution is -0.156. The maximum Gasteiger partial charge on any atom is 0.407 e. The molecule has 1 aliphatic rings. The van der Waals surface area contributed by atoms with Crippen molar-refractivity contribution in [1.82, 2.24) is 5.32 Å². The molecule has 0 fully saturated rings. The number of ether oxygens (including phenoxy) is 2. The Kier molecular flexibility index (Phi) is 7.53. The highest BCUT2D eigenvalue weighted by atomic mass is 16.6. The van der Waals surface area contributed by atoms with Crippen LogP contribution in [0.5, 0.6) is 0 Å². The minimum absolute atomic E-state index is 0.0896. The third kappa shape index (κ3) is 6.19. The molecule has 1 amide bonds. The van der Waals surface area contributed by atoms with E-state index in [2.05, 4.69) is 17.4 Å². The first-order valence-corrected chi connectivity index (χ1v) is 12.1. The van der Waals surface area contributed by atoms with Crippen molar-refractivity contribution in [2.75, 3.05) is 6.61 Å². The molecule has 0 aromatic heterocycles. The predicted molar refractivity (Wildman–Crippen MR) is 138 cm³/mol. The summed E-state index contributed by atoms with van der Waals surface area (Å²) in [6.07, 6.45) is -0.888. The number of nitrogens with one attached hydrogen (secondary N) is 1. The molecule has 0 bridgehead atoms. The lowest BCUT2D eigenvalue weighted by Gasteiger charge is -2.22. The Bertz CT molecular complexity index is 1200. The fraction of sp³-hybridized carbons (Fsp3) is 0.300. The number of fused-ring (bicyclic) bond motifs is 3. The minimum Gasteiger partial charge on any atom is -0.460 e. The number of hydrogen-bond acceptors (Lipinski definition) is 5. The molecule has 0 saturated carbocycles. The van der Waals surface area contributed by atoms with Gasteiger partial charge in [0.25, 0.3) is 0 Å². The summed E-state index contributed by atoms with van der Waals surface area (Å²) in [5, 5.41) is 2.69. The summed E-state index contributed by atoms with van der Waals surface area (Å²) < 4.78 is 10.9. The van der Waals surface area contributed by atoms with Crippen molar-refractivity contribution < 1.29 is 23.9 Å². The number of alkyl carbamates (subject to hydrolysis) is 1.